The Morgan fingerprint density at radius 2 is 1.84 bits per heavy atom. The van der Waals surface area contributed by atoms with Gasteiger partial charge in [-0.1, -0.05) is 0 Å². The number of β-lactam (4-membered cyclic amide) rings is 1. The highest BCUT2D eigenvalue weighted by Gasteiger charge is 2.66. The maximum atomic E-state index is 13.4. The van der Waals surface area contributed by atoms with E-state index in [1.165, 1.54) is 31.2 Å². The van der Waals surface area contributed by atoms with Crippen LogP contribution in [-0.4, -0.2) is 69.5 Å². The number of fused-ring (bicyclic) bond motifs is 1. The Morgan fingerprint density at radius 1 is 1.22 bits per heavy atom. The summed E-state index contributed by atoms with van der Waals surface area (Å²) in [5.41, 5.74) is 0.159. The zero-order valence-corrected chi connectivity index (χ0v) is 16.4. The lowest BCUT2D eigenvalue weighted by molar-refractivity contribution is -0.384. The van der Waals surface area contributed by atoms with Crippen LogP contribution >= 0.6 is 0 Å². The molecule has 0 saturated carbocycles. The van der Waals surface area contributed by atoms with E-state index in [0.29, 0.717) is 10.5 Å². The first-order valence-corrected chi connectivity index (χ1v) is 9.25. The van der Waals surface area contributed by atoms with Gasteiger partial charge in [0.15, 0.2) is 11.8 Å². The van der Waals surface area contributed by atoms with Crippen LogP contribution in [0.2, 0.25) is 0 Å². The molecule has 2 heterocycles. The van der Waals surface area contributed by atoms with Crippen molar-refractivity contribution in [2.45, 2.75) is 44.4 Å². The number of ether oxygens (including phenoxy) is 2. The summed E-state index contributed by atoms with van der Waals surface area (Å²) in [7, 11) is 0. The molecule has 2 fully saturated rings. The van der Waals surface area contributed by atoms with Crippen molar-refractivity contribution in [3.05, 3.63) is 39.9 Å². The molecule has 2 aliphatic rings. The number of nitro benzene ring substituents is 1. The molecule has 172 valence electrons. The maximum absolute atomic E-state index is 13.4. The number of nitrogens with zero attached hydrogens (tertiary/aromatic N) is 3. The summed E-state index contributed by atoms with van der Waals surface area (Å²) in [6, 6.07) is -0.135. The molecule has 3 atom stereocenters. The first-order chi connectivity index (χ1) is 15.0. The minimum Gasteiger partial charge on any atom is -0.459 e. The average molecular weight is 459 g/mol. The fraction of sp³-hybridized carbons (Fsp3) is 0.444. The van der Waals surface area contributed by atoms with Crippen LogP contribution in [-0.2, 0) is 30.5 Å². The van der Waals surface area contributed by atoms with E-state index in [-0.39, 0.29) is 18.9 Å². The average Bonchev–Trinajstić information content (AvgIpc) is 3.02. The summed E-state index contributed by atoms with van der Waals surface area (Å²) in [5, 5.41) is 10.6. The highest BCUT2D eigenvalue weighted by molar-refractivity contribution is 6.12. The summed E-state index contributed by atoms with van der Waals surface area (Å²) in [4.78, 5) is 58.9. The predicted molar refractivity (Wildman–Crippen MR) is 95.6 cm³/mol. The highest BCUT2D eigenvalue weighted by atomic mass is 19.4. The standard InChI is InChI=1S/C18H16F3N3O8/c1-2-31-17(28)23(18(19,20)21)13-11-7-12(25)14(22(11)15(13)26)16(27)32-8-9-3-5-10(6-4-9)24(29)30/h3-6,11,13-14H,2,7-8H2,1H3. The van der Waals surface area contributed by atoms with Crippen molar-refractivity contribution in [1.82, 2.24) is 9.80 Å². The number of non-ortho nitro benzene ring substituents is 1. The molecule has 0 bridgehead atoms. The van der Waals surface area contributed by atoms with Crippen LogP contribution in [0.4, 0.5) is 23.7 Å². The van der Waals surface area contributed by atoms with Crippen LogP contribution in [0.1, 0.15) is 18.9 Å². The SMILES string of the molecule is CCOC(=O)N(C1C(=O)N2C(C(=O)OCc3ccc([N+](=O)[O-])cc3)C(=O)CC12)C(F)(F)F. The minimum absolute atomic E-state index is 0.193. The Balaban J connectivity index is 1.70. The van der Waals surface area contributed by atoms with Crippen molar-refractivity contribution in [3.8, 4) is 0 Å². The quantitative estimate of drug-likeness (QED) is 0.156. The van der Waals surface area contributed by atoms with Crippen molar-refractivity contribution in [3.63, 3.8) is 0 Å². The second-order valence-corrected chi connectivity index (χ2v) is 6.90. The first kappa shape index (κ1) is 23.0. The number of carbonyl (C=O) groups excluding carboxylic acids is 4. The zero-order valence-electron chi connectivity index (χ0n) is 16.4. The summed E-state index contributed by atoms with van der Waals surface area (Å²) in [6.45, 7) is 0.545. The summed E-state index contributed by atoms with van der Waals surface area (Å²) in [6.07, 6.45) is -7.59. The Kier molecular flexibility index (Phi) is 6.05. The molecule has 1 aromatic rings. The van der Waals surface area contributed by atoms with Crippen LogP contribution in [0, 0.1) is 10.1 Å². The lowest BCUT2D eigenvalue weighted by Gasteiger charge is -2.48. The summed E-state index contributed by atoms with van der Waals surface area (Å²) in [5.74, 6) is -3.22. The number of carbonyl (C=O) groups is 4. The zero-order chi connectivity index (χ0) is 23.8. The molecule has 2 amide bonds. The Labute approximate surface area is 177 Å². The molecule has 32 heavy (non-hydrogen) atoms. The molecule has 0 aliphatic carbocycles. The number of halogens is 3. The molecule has 11 nitrogen and oxygen atoms in total. The second kappa shape index (κ2) is 8.43. The van der Waals surface area contributed by atoms with Crippen molar-refractivity contribution in [2.24, 2.45) is 0 Å². The fourth-order valence-corrected chi connectivity index (χ4v) is 3.59. The van der Waals surface area contributed by atoms with E-state index in [9.17, 15) is 42.5 Å². The summed E-state index contributed by atoms with van der Waals surface area (Å²) >= 11 is 0. The van der Waals surface area contributed by atoms with Gasteiger partial charge in [-0.25, -0.2) is 14.5 Å². The maximum Gasteiger partial charge on any atom is 0.490 e. The third-order valence-electron chi connectivity index (χ3n) is 4.99. The van der Waals surface area contributed by atoms with Crippen LogP contribution in [0.3, 0.4) is 0 Å². The Hall–Kier alpha value is -3.71. The van der Waals surface area contributed by atoms with Gasteiger partial charge in [0.2, 0.25) is 5.91 Å². The topological polar surface area (TPSA) is 136 Å². The van der Waals surface area contributed by atoms with Crippen LogP contribution in [0.15, 0.2) is 24.3 Å². The number of alkyl halides is 3. The number of esters is 1. The van der Waals surface area contributed by atoms with E-state index in [1.807, 2.05) is 0 Å². The van der Waals surface area contributed by atoms with Gasteiger partial charge in [0.05, 0.1) is 17.6 Å². The minimum atomic E-state index is -5.24. The predicted octanol–water partition coefficient (Wildman–Crippen LogP) is 1.54. The first-order valence-electron chi connectivity index (χ1n) is 9.25. The van der Waals surface area contributed by atoms with Crippen LogP contribution < -0.4 is 0 Å². The van der Waals surface area contributed by atoms with Gasteiger partial charge in [0, 0.05) is 18.6 Å². The molecule has 0 N–H and O–H groups in total. The third kappa shape index (κ3) is 4.07. The van der Waals surface area contributed by atoms with Gasteiger partial charge in [0.1, 0.15) is 12.6 Å². The third-order valence-corrected chi connectivity index (χ3v) is 4.99. The molecule has 14 heteroatoms. The fourth-order valence-electron chi connectivity index (χ4n) is 3.59. The van der Waals surface area contributed by atoms with Gasteiger partial charge < -0.3 is 14.4 Å². The van der Waals surface area contributed by atoms with Gasteiger partial charge in [-0.3, -0.25) is 19.7 Å². The van der Waals surface area contributed by atoms with Crippen molar-refractivity contribution in [1.29, 1.82) is 0 Å². The molecule has 0 aromatic heterocycles. The van der Waals surface area contributed by atoms with Gasteiger partial charge in [-0.15, -0.1) is 13.2 Å². The largest absolute Gasteiger partial charge is 0.490 e. The van der Waals surface area contributed by atoms with Crippen molar-refractivity contribution >= 4 is 29.4 Å². The number of ketones is 1. The van der Waals surface area contributed by atoms with Crippen molar-refractivity contribution < 1.29 is 46.7 Å². The molecular weight excluding hydrogens is 443 g/mol. The molecule has 3 unspecified atom stereocenters. The molecule has 1 aromatic carbocycles. The number of amides is 2. The highest BCUT2D eigenvalue weighted by Crippen LogP contribution is 2.40. The Bertz CT molecular complexity index is 965. The van der Waals surface area contributed by atoms with Crippen molar-refractivity contribution in [2.75, 3.05) is 6.61 Å². The van der Waals surface area contributed by atoms with E-state index in [0.717, 1.165) is 0 Å². The molecule has 0 spiro atoms. The normalized spacial score (nSPS) is 22.1. The molecule has 2 saturated heterocycles. The van der Waals surface area contributed by atoms with Gasteiger partial charge in [-0.2, -0.15) is 0 Å². The lowest BCUT2D eigenvalue weighted by atomic mass is 9.94. The van der Waals surface area contributed by atoms with Gasteiger partial charge in [-0.05, 0) is 24.6 Å². The van der Waals surface area contributed by atoms with Gasteiger partial charge in [0.25, 0.3) is 5.69 Å². The van der Waals surface area contributed by atoms with E-state index < -0.39 is 64.4 Å². The molecule has 3 rings (SSSR count). The number of rotatable bonds is 6. The lowest BCUT2D eigenvalue weighted by Crippen LogP contribution is -2.73. The van der Waals surface area contributed by atoms with E-state index in [4.69, 9.17) is 4.74 Å². The number of benzene rings is 1. The second-order valence-electron chi connectivity index (χ2n) is 6.90. The number of Topliss-reactive ketones (excluding diaryl/α,β-unsaturated/α-hetero) is 1. The number of hydrogen-bond acceptors (Lipinski definition) is 8. The molecule has 2 aliphatic heterocycles. The Morgan fingerprint density at radius 3 is 2.38 bits per heavy atom. The number of hydrogen-bond donors (Lipinski definition) is 0. The molecular formula is C18H16F3N3O8. The van der Waals surface area contributed by atoms with E-state index >= 15 is 0 Å². The van der Waals surface area contributed by atoms with Gasteiger partial charge >= 0.3 is 18.4 Å². The van der Waals surface area contributed by atoms with E-state index in [1.54, 1.807) is 0 Å². The number of nitro groups is 1. The van der Waals surface area contributed by atoms with Crippen LogP contribution in [0.25, 0.3) is 0 Å². The smallest absolute Gasteiger partial charge is 0.459 e. The van der Waals surface area contributed by atoms with E-state index in [2.05, 4.69) is 4.74 Å². The molecule has 0 radical (unpaired) electrons. The monoisotopic (exact) mass is 459 g/mol. The summed E-state index contributed by atoms with van der Waals surface area (Å²) < 4.78 is 49.5. The van der Waals surface area contributed by atoms with Crippen LogP contribution in [0.5, 0.6) is 0 Å².